The summed E-state index contributed by atoms with van der Waals surface area (Å²) >= 11 is 3.42. The average Bonchev–Trinajstić information content (AvgIpc) is 2.94. The number of hydrogen-bond acceptors (Lipinski definition) is 4. The van der Waals surface area contributed by atoms with Crippen molar-refractivity contribution in [3.63, 3.8) is 0 Å². The van der Waals surface area contributed by atoms with Gasteiger partial charge >= 0.3 is 0 Å². The summed E-state index contributed by atoms with van der Waals surface area (Å²) in [5, 5.41) is 2.82. The van der Waals surface area contributed by atoms with Gasteiger partial charge in [-0.3, -0.25) is 4.79 Å². The van der Waals surface area contributed by atoms with E-state index in [1.54, 1.807) is 18.2 Å². The number of rotatable bonds is 5. The molecule has 0 aliphatic carbocycles. The van der Waals surface area contributed by atoms with Crippen LogP contribution in [0.15, 0.2) is 58.2 Å². The van der Waals surface area contributed by atoms with Gasteiger partial charge in [0.1, 0.15) is 5.65 Å². The van der Waals surface area contributed by atoms with Crippen LogP contribution in [-0.4, -0.2) is 41.1 Å². The first-order chi connectivity index (χ1) is 14.4. The summed E-state index contributed by atoms with van der Waals surface area (Å²) in [6.45, 7) is 1.31. The molecule has 1 aromatic carbocycles. The highest BCUT2D eigenvalue weighted by Gasteiger charge is 2.25. The lowest BCUT2D eigenvalue weighted by Gasteiger charge is -2.20. The monoisotopic (exact) mass is 490 g/mol. The van der Waals surface area contributed by atoms with Crippen molar-refractivity contribution in [2.24, 2.45) is 0 Å². The Morgan fingerprint density at radius 3 is 2.60 bits per heavy atom. The van der Waals surface area contributed by atoms with E-state index < -0.39 is 10.0 Å². The zero-order valence-electron chi connectivity index (χ0n) is 16.4. The second-order valence-corrected chi connectivity index (χ2v) is 10.2. The highest BCUT2D eigenvalue weighted by Crippen LogP contribution is 2.21. The number of halogens is 1. The predicted molar refractivity (Wildman–Crippen MR) is 118 cm³/mol. The third-order valence-electron chi connectivity index (χ3n) is 5.19. The highest BCUT2D eigenvalue weighted by molar-refractivity contribution is 9.10. The molecule has 0 radical (unpaired) electrons. The number of amides is 1. The molecule has 3 heterocycles. The summed E-state index contributed by atoms with van der Waals surface area (Å²) in [6.07, 6.45) is 7.58. The molecule has 4 rings (SSSR count). The van der Waals surface area contributed by atoms with Crippen LogP contribution in [0.5, 0.6) is 0 Å². The number of fused-ring (bicyclic) bond motifs is 1. The maximum absolute atomic E-state index is 13.0. The quantitative estimate of drug-likeness (QED) is 0.592. The van der Waals surface area contributed by atoms with E-state index in [2.05, 4.69) is 26.2 Å². The molecular formula is C21H23BrN4O3S. The summed E-state index contributed by atoms with van der Waals surface area (Å²) in [6, 6.07) is 10.0. The van der Waals surface area contributed by atoms with Crippen molar-refractivity contribution in [1.82, 2.24) is 19.0 Å². The van der Waals surface area contributed by atoms with Gasteiger partial charge in [0.05, 0.1) is 17.1 Å². The third-order valence-corrected chi connectivity index (χ3v) is 7.56. The van der Waals surface area contributed by atoms with Crippen LogP contribution in [0.2, 0.25) is 0 Å². The Morgan fingerprint density at radius 2 is 1.83 bits per heavy atom. The number of imidazole rings is 1. The number of nitrogens with zero attached hydrogens (tertiary/aromatic N) is 3. The normalized spacial score (nSPS) is 15.8. The van der Waals surface area contributed by atoms with Crippen LogP contribution in [0.3, 0.4) is 0 Å². The minimum atomic E-state index is -3.60. The van der Waals surface area contributed by atoms with Crippen molar-refractivity contribution in [2.75, 3.05) is 13.1 Å². The molecule has 1 aliphatic heterocycles. The number of carbonyl (C=O) groups is 1. The highest BCUT2D eigenvalue weighted by atomic mass is 79.9. The van der Waals surface area contributed by atoms with E-state index in [-0.39, 0.29) is 17.3 Å². The van der Waals surface area contributed by atoms with E-state index in [0.29, 0.717) is 18.7 Å². The zero-order chi connectivity index (χ0) is 21.1. The van der Waals surface area contributed by atoms with E-state index in [0.717, 1.165) is 41.5 Å². The number of nitrogens with one attached hydrogen (secondary N) is 1. The second kappa shape index (κ2) is 8.87. The Labute approximate surface area is 184 Å². The molecule has 1 amide bonds. The first-order valence-corrected chi connectivity index (χ1v) is 12.2. The van der Waals surface area contributed by atoms with E-state index in [1.165, 1.54) is 10.4 Å². The number of benzene rings is 1. The van der Waals surface area contributed by atoms with Gasteiger partial charge in [0.15, 0.2) is 0 Å². The Kier molecular flexibility index (Phi) is 6.21. The van der Waals surface area contributed by atoms with Crippen LogP contribution in [0.4, 0.5) is 0 Å². The van der Waals surface area contributed by atoms with Crippen LogP contribution in [0.25, 0.3) is 5.65 Å². The fourth-order valence-corrected chi connectivity index (χ4v) is 5.52. The van der Waals surface area contributed by atoms with Crippen molar-refractivity contribution >= 4 is 37.5 Å². The molecule has 0 bridgehead atoms. The van der Waals surface area contributed by atoms with Crippen molar-refractivity contribution < 1.29 is 13.2 Å². The molecule has 1 saturated heterocycles. The van der Waals surface area contributed by atoms with Gasteiger partial charge < -0.3 is 9.72 Å². The summed E-state index contributed by atoms with van der Waals surface area (Å²) in [5.74, 6) is -0.332. The van der Waals surface area contributed by atoms with Gasteiger partial charge in [-0.1, -0.05) is 18.9 Å². The number of pyridine rings is 1. The minimum absolute atomic E-state index is 0.162. The van der Waals surface area contributed by atoms with Crippen molar-refractivity contribution in [1.29, 1.82) is 0 Å². The Morgan fingerprint density at radius 1 is 1.07 bits per heavy atom. The second-order valence-electron chi connectivity index (χ2n) is 7.37. The average molecular weight is 491 g/mol. The molecule has 0 saturated carbocycles. The lowest BCUT2D eigenvalue weighted by atomic mass is 10.2. The summed E-state index contributed by atoms with van der Waals surface area (Å²) in [5.41, 5.74) is 1.82. The fourth-order valence-electron chi connectivity index (χ4n) is 3.60. The maximum Gasteiger partial charge on any atom is 0.251 e. The first-order valence-electron chi connectivity index (χ1n) is 9.95. The Bertz CT molecular complexity index is 1170. The van der Waals surface area contributed by atoms with Crippen LogP contribution >= 0.6 is 15.9 Å². The van der Waals surface area contributed by atoms with Crippen LogP contribution in [0.1, 0.15) is 41.7 Å². The summed E-state index contributed by atoms with van der Waals surface area (Å²) in [4.78, 5) is 17.3. The molecule has 0 atom stereocenters. The predicted octanol–water partition coefficient (Wildman–Crippen LogP) is 3.59. The SMILES string of the molecule is O=C(NCc1cn2cc(Br)ccc2n1)c1cccc(S(=O)(=O)N2CCCCCC2)c1. The molecule has 158 valence electrons. The molecule has 7 nitrogen and oxygen atoms in total. The number of aromatic nitrogens is 2. The van der Waals surface area contributed by atoms with E-state index >= 15 is 0 Å². The largest absolute Gasteiger partial charge is 0.346 e. The van der Waals surface area contributed by atoms with Gasteiger partial charge in [-0.2, -0.15) is 4.31 Å². The van der Waals surface area contributed by atoms with E-state index in [9.17, 15) is 13.2 Å². The number of sulfonamides is 1. The molecule has 0 spiro atoms. The van der Waals surface area contributed by atoms with Gasteiger partial charge in [-0.25, -0.2) is 13.4 Å². The van der Waals surface area contributed by atoms with Crippen LogP contribution in [-0.2, 0) is 16.6 Å². The maximum atomic E-state index is 13.0. The Balaban J connectivity index is 1.47. The molecule has 9 heteroatoms. The molecule has 30 heavy (non-hydrogen) atoms. The standard InChI is InChI=1S/C21H23BrN4O3S/c22-17-8-9-20-24-18(15-25(20)14-17)13-23-21(27)16-6-5-7-19(12-16)30(28,29)26-10-3-1-2-4-11-26/h5-9,12,14-15H,1-4,10-11,13H2,(H,23,27). The molecule has 0 unspecified atom stereocenters. The molecular weight excluding hydrogens is 468 g/mol. The van der Waals surface area contributed by atoms with Crippen molar-refractivity contribution in [3.8, 4) is 0 Å². The van der Waals surface area contributed by atoms with Crippen molar-refractivity contribution in [2.45, 2.75) is 37.1 Å². The molecule has 1 aliphatic rings. The third kappa shape index (κ3) is 4.58. The van der Waals surface area contributed by atoms with E-state index in [1.807, 2.05) is 28.9 Å². The van der Waals surface area contributed by atoms with Gasteiger partial charge in [0.25, 0.3) is 5.91 Å². The molecule has 3 aromatic rings. The van der Waals surface area contributed by atoms with Crippen LogP contribution in [0, 0.1) is 0 Å². The summed E-state index contributed by atoms with van der Waals surface area (Å²) < 4.78 is 30.3. The fraction of sp³-hybridized carbons (Fsp3) is 0.333. The first kappa shape index (κ1) is 21.0. The Hall–Kier alpha value is -2.23. The molecule has 1 N–H and O–H groups in total. The lowest BCUT2D eigenvalue weighted by Crippen LogP contribution is -2.32. The molecule has 2 aromatic heterocycles. The van der Waals surface area contributed by atoms with E-state index in [4.69, 9.17) is 0 Å². The zero-order valence-corrected chi connectivity index (χ0v) is 18.8. The molecule has 1 fully saturated rings. The topological polar surface area (TPSA) is 83.8 Å². The minimum Gasteiger partial charge on any atom is -0.346 e. The van der Waals surface area contributed by atoms with Gasteiger partial charge in [0.2, 0.25) is 10.0 Å². The van der Waals surface area contributed by atoms with Gasteiger partial charge in [0, 0.05) is 35.5 Å². The lowest BCUT2D eigenvalue weighted by molar-refractivity contribution is 0.0950. The number of hydrogen-bond donors (Lipinski definition) is 1. The van der Waals surface area contributed by atoms with Gasteiger partial charge in [-0.15, -0.1) is 0 Å². The smallest absolute Gasteiger partial charge is 0.251 e. The van der Waals surface area contributed by atoms with Crippen molar-refractivity contribution in [3.05, 3.63) is 64.5 Å². The van der Waals surface area contributed by atoms with Gasteiger partial charge in [-0.05, 0) is 59.1 Å². The van der Waals surface area contributed by atoms with Crippen LogP contribution < -0.4 is 5.32 Å². The number of carbonyl (C=O) groups excluding carboxylic acids is 1. The summed E-state index contributed by atoms with van der Waals surface area (Å²) in [7, 11) is -3.60.